The third-order valence-electron chi connectivity index (χ3n) is 5.89. The monoisotopic (exact) mass is 420 g/mol. The third kappa shape index (κ3) is 5.08. The Balaban J connectivity index is 1.58. The standard InChI is InChI=1S/C25H28N2O4/c1-30-19-13-11-17(12-14-19)15-22(28)27-24-23(26-16-18-7-3-2-4-8-18)20-9-5-6-10-21(20)31-25(24)29/h5-6,9-14,18,26H,2-4,7-8,15-16H2,1H3,(H,27,28). The molecular weight excluding hydrogens is 392 g/mol. The molecule has 1 heterocycles. The molecule has 31 heavy (non-hydrogen) atoms. The summed E-state index contributed by atoms with van der Waals surface area (Å²) in [5, 5.41) is 7.05. The minimum absolute atomic E-state index is 0.151. The number of methoxy groups -OCH3 is 1. The smallest absolute Gasteiger partial charge is 0.362 e. The Hall–Kier alpha value is -3.28. The van der Waals surface area contributed by atoms with Gasteiger partial charge in [-0.3, -0.25) is 4.79 Å². The molecule has 2 N–H and O–H groups in total. The average molecular weight is 421 g/mol. The van der Waals surface area contributed by atoms with Crippen LogP contribution in [0.15, 0.2) is 57.7 Å². The summed E-state index contributed by atoms with van der Waals surface area (Å²) < 4.78 is 10.6. The van der Waals surface area contributed by atoms with Gasteiger partial charge < -0.3 is 19.8 Å². The van der Waals surface area contributed by atoms with Gasteiger partial charge in [-0.15, -0.1) is 0 Å². The summed E-state index contributed by atoms with van der Waals surface area (Å²) in [7, 11) is 1.60. The van der Waals surface area contributed by atoms with Crippen molar-refractivity contribution in [2.45, 2.75) is 38.5 Å². The Bertz CT molecular complexity index is 1100. The van der Waals surface area contributed by atoms with Crippen LogP contribution in [0.3, 0.4) is 0 Å². The highest BCUT2D eigenvalue weighted by Crippen LogP contribution is 2.31. The van der Waals surface area contributed by atoms with Crippen LogP contribution in [-0.2, 0) is 11.2 Å². The van der Waals surface area contributed by atoms with E-state index >= 15 is 0 Å². The van der Waals surface area contributed by atoms with Crippen molar-refractivity contribution in [3.05, 3.63) is 64.5 Å². The predicted molar refractivity (Wildman–Crippen MR) is 123 cm³/mol. The molecule has 0 unspecified atom stereocenters. The van der Waals surface area contributed by atoms with Crippen molar-refractivity contribution in [2.75, 3.05) is 24.3 Å². The van der Waals surface area contributed by atoms with Gasteiger partial charge in [-0.25, -0.2) is 4.79 Å². The number of para-hydroxylation sites is 1. The van der Waals surface area contributed by atoms with Crippen LogP contribution >= 0.6 is 0 Å². The van der Waals surface area contributed by atoms with Crippen LogP contribution in [0.25, 0.3) is 11.0 Å². The number of hydrogen-bond acceptors (Lipinski definition) is 5. The maximum atomic E-state index is 12.7. The van der Waals surface area contributed by atoms with E-state index in [0.29, 0.717) is 17.2 Å². The Labute approximate surface area is 181 Å². The van der Waals surface area contributed by atoms with Crippen LogP contribution in [-0.4, -0.2) is 19.6 Å². The molecule has 0 aliphatic heterocycles. The van der Waals surface area contributed by atoms with Crippen LogP contribution in [0.5, 0.6) is 5.75 Å². The molecule has 162 valence electrons. The fourth-order valence-electron chi connectivity index (χ4n) is 4.20. The Morgan fingerprint density at radius 3 is 2.52 bits per heavy atom. The normalized spacial score (nSPS) is 14.4. The summed E-state index contributed by atoms with van der Waals surface area (Å²) in [6, 6.07) is 14.7. The lowest BCUT2D eigenvalue weighted by Crippen LogP contribution is -2.23. The number of rotatable bonds is 7. The lowest BCUT2D eigenvalue weighted by molar-refractivity contribution is -0.115. The molecule has 6 nitrogen and oxygen atoms in total. The number of carbonyl (C=O) groups is 1. The Morgan fingerprint density at radius 1 is 1.03 bits per heavy atom. The second-order valence-electron chi connectivity index (χ2n) is 8.09. The number of fused-ring (bicyclic) bond motifs is 1. The first kappa shape index (κ1) is 21.0. The van der Waals surface area contributed by atoms with E-state index in [4.69, 9.17) is 9.15 Å². The first-order chi connectivity index (χ1) is 15.1. The molecule has 1 aliphatic rings. The molecule has 1 amide bonds. The van der Waals surface area contributed by atoms with Gasteiger partial charge in [0.15, 0.2) is 5.69 Å². The highest BCUT2D eigenvalue weighted by atomic mass is 16.5. The lowest BCUT2D eigenvalue weighted by atomic mass is 9.89. The van der Waals surface area contributed by atoms with E-state index in [2.05, 4.69) is 10.6 Å². The van der Waals surface area contributed by atoms with E-state index in [1.165, 1.54) is 32.1 Å². The van der Waals surface area contributed by atoms with E-state index in [-0.39, 0.29) is 18.0 Å². The van der Waals surface area contributed by atoms with Crippen LogP contribution in [0.1, 0.15) is 37.7 Å². The number of nitrogens with one attached hydrogen (secondary N) is 2. The quantitative estimate of drug-likeness (QED) is 0.527. The molecule has 6 heteroatoms. The minimum Gasteiger partial charge on any atom is -0.497 e. The Morgan fingerprint density at radius 2 is 1.77 bits per heavy atom. The van der Waals surface area contributed by atoms with Gasteiger partial charge in [-0.1, -0.05) is 43.5 Å². The minimum atomic E-state index is -0.548. The molecule has 1 saturated carbocycles. The van der Waals surface area contributed by atoms with E-state index in [1.54, 1.807) is 13.2 Å². The van der Waals surface area contributed by atoms with Crippen molar-refractivity contribution >= 4 is 28.3 Å². The van der Waals surface area contributed by atoms with Crippen LogP contribution in [0.4, 0.5) is 11.4 Å². The molecule has 0 bridgehead atoms. The number of anilines is 2. The molecule has 0 saturated heterocycles. The van der Waals surface area contributed by atoms with Crippen molar-refractivity contribution in [3.63, 3.8) is 0 Å². The number of hydrogen-bond donors (Lipinski definition) is 2. The van der Waals surface area contributed by atoms with Gasteiger partial charge in [0, 0.05) is 11.9 Å². The zero-order valence-electron chi connectivity index (χ0n) is 17.8. The fourth-order valence-corrected chi connectivity index (χ4v) is 4.20. The van der Waals surface area contributed by atoms with Crippen molar-refractivity contribution in [3.8, 4) is 5.75 Å². The molecule has 0 radical (unpaired) electrons. The number of benzene rings is 2. The molecule has 1 aromatic heterocycles. The van der Waals surface area contributed by atoms with Crippen molar-refractivity contribution < 1.29 is 13.9 Å². The van der Waals surface area contributed by atoms with E-state index in [0.717, 1.165) is 23.2 Å². The molecule has 1 aliphatic carbocycles. The largest absolute Gasteiger partial charge is 0.497 e. The summed E-state index contributed by atoms with van der Waals surface area (Å²) in [5.74, 6) is 1.03. The maximum Gasteiger partial charge on any atom is 0.362 e. The molecule has 1 fully saturated rings. The van der Waals surface area contributed by atoms with Crippen LogP contribution in [0.2, 0.25) is 0 Å². The van der Waals surface area contributed by atoms with Gasteiger partial charge in [0.2, 0.25) is 5.91 Å². The van der Waals surface area contributed by atoms with Crippen molar-refractivity contribution in [2.24, 2.45) is 5.92 Å². The second-order valence-corrected chi connectivity index (χ2v) is 8.09. The zero-order valence-corrected chi connectivity index (χ0v) is 17.8. The van der Waals surface area contributed by atoms with Gasteiger partial charge in [-0.2, -0.15) is 0 Å². The van der Waals surface area contributed by atoms with E-state index in [9.17, 15) is 9.59 Å². The number of carbonyl (C=O) groups excluding carboxylic acids is 1. The van der Waals surface area contributed by atoms with E-state index < -0.39 is 5.63 Å². The third-order valence-corrected chi connectivity index (χ3v) is 5.89. The van der Waals surface area contributed by atoms with Gasteiger partial charge in [0.1, 0.15) is 11.3 Å². The molecule has 0 atom stereocenters. The highest BCUT2D eigenvalue weighted by molar-refractivity contribution is 6.02. The van der Waals surface area contributed by atoms with Gasteiger partial charge in [0.05, 0.1) is 19.2 Å². The van der Waals surface area contributed by atoms with E-state index in [1.807, 2.05) is 42.5 Å². The number of ether oxygens (including phenoxy) is 1. The van der Waals surface area contributed by atoms with Gasteiger partial charge >= 0.3 is 5.63 Å². The zero-order chi connectivity index (χ0) is 21.6. The average Bonchev–Trinajstić information content (AvgIpc) is 2.80. The molecule has 0 spiro atoms. The Kier molecular flexibility index (Phi) is 6.55. The van der Waals surface area contributed by atoms with Gasteiger partial charge in [-0.05, 0) is 48.6 Å². The molecular formula is C25H28N2O4. The molecule has 4 rings (SSSR count). The predicted octanol–water partition coefficient (Wildman–Crippen LogP) is 4.98. The first-order valence-corrected chi connectivity index (χ1v) is 10.9. The maximum absolute atomic E-state index is 12.7. The summed E-state index contributed by atoms with van der Waals surface area (Å²) >= 11 is 0. The molecule has 3 aromatic rings. The summed E-state index contributed by atoms with van der Waals surface area (Å²) in [6.07, 6.45) is 6.31. The van der Waals surface area contributed by atoms with Gasteiger partial charge in [0.25, 0.3) is 0 Å². The summed E-state index contributed by atoms with van der Waals surface area (Å²) in [6.45, 7) is 0.773. The summed E-state index contributed by atoms with van der Waals surface area (Å²) in [4.78, 5) is 25.5. The SMILES string of the molecule is COc1ccc(CC(=O)Nc2c(NCC3CCCCC3)c3ccccc3oc2=O)cc1. The lowest BCUT2D eigenvalue weighted by Gasteiger charge is -2.23. The second kappa shape index (κ2) is 9.69. The van der Waals surface area contributed by atoms with Crippen molar-refractivity contribution in [1.82, 2.24) is 0 Å². The van der Waals surface area contributed by atoms with Crippen LogP contribution in [0, 0.1) is 5.92 Å². The number of amides is 1. The summed E-state index contributed by atoms with van der Waals surface area (Å²) in [5.41, 5.74) is 1.61. The van der Waals surface area contributed by atoms with Crippen molar-refractivity contribution in [1.29, 1.82) is 0 Å². The first-order valence-electron chi connectivity index (χ1n) is 10.9. The topological polar surface area (TPSA) is 80.6 Å². The van der Waals surface area contributed by atoms with Crippen LogP contribution < -0.4 is 21.0 Å². The highest BCUT2D eigenvalue weighted by Gasteiger charge is 2.19. The fraction of sp³-hybridized carbons (Fsp3) is 0.360. The molecule has 2 aromatic carbocycles.